The topological polar surface area (TPSA) is 52.3 Å². The Morgan fingerprint density at radius 3 is 2.50 bits per heavy atom. The lowest BCUT2D eigenvalue weighted by molar-refractivity contribution is -0.153. The summed E-state index contributed by atoms with van der Waals surface area (Å²) in [6.07, 6.45) is 3.75. The third-order valence-electron chi connectivity index (χ3n) is 2.26. The molecular formula is C11H23NO2. The van der Waals surface area contributed by atoms with Crippen LogP contribution in [0.3, 0.4) is 0 Å². The summed E-state index contributed by atoms with van der Waals surface area (Å²) >= 11 is 0. The third-order valence-corrected chi connectivity index (χ3v) is 2.26. The van der Waals surface area contributed by atoms with Gasteiger partial charge in [-0.05, 0) is 32.7 Å². The van der Waals surface area contributed by atoms with Gasteiger partial charge < -0.3 is 10.5 Å². The van der Waals surface area contributed by atoms with Crippen LogP contribution in [0, 0.1) is 5.92 Å². The number of esters is 1. The second-order valence-electron chi connectivity index (χ2n) is 3.87. The van der Waals surface area contributed by atoms with Gasteiger partial charge in [0, 0.05) is 0 Å². The van der Waals surface area contributed by atoms with Gasteiger partial charge in [0.15, 0.2) is 0 Å². The highest BCUT2D eigenvalue weighted by molar-refractivity contribution is 5.72. The Bertz CT molecular complexity index is 159. The van der Waals surface area contributed by atoms with E-state index in [4.69, 9.17) is 10.5 Å². The molecule has 0 bridgehead atoms. The molecule has 84 valence electrons. The van der Waals surface area contributed by atoms with Crippen LogP contribution in [0.25, 0.3) is 0 Å². The van der Waals surface area contributed by atoms with E-state index in [9.17, 15) is 4.79 Å². The van der Waals surface area contributed by atoms with E-state index < -0.39 is 0 Å². The molecule has 0 amide bonds. The smallest absolute Gasteiger partial charge is 0.308 e. The molecule has 0 aliphatic carbocycles. The fourth-order valence-corrected chi connectivity index (χ4v) is 1.32. The van der Waals surface area contributed by atoms with Crippen molar-refractivity contribution in [3.63, 3.8) is 0 Å². The van der Waals surface area contributed by atoms with Crippen LogP contribution in [-0.4, -0.2) is 18.6 Å². The number of carbonyl (C=O) groups is 1. The third kappa shape index (κ3) is 5.97. The first-order valence-corrected chi connectivity index (χ1v) is 5.52. The van der Waals surface area contributed by atoms with Crippen molar-refractivity contribution >= 4 is 5.97 Å². The van der Waals surface area contributed by atoms with Crippen molar-refractivity contribution in [1.29, 1.82) is 0 Å². The van der Waals surface area contributed by atoms with Crippen molar-refractivity contribution in [2.45, 2.75) is 52.6 Å². The highest BCUT2D eigenvalue weighted by atomic mass is 16.5. The highest BCUT2D eigenvalue weighted by Gasteiger charge is 2.16. The zero-order chi connectivity index (χ0) is 11.0. The van der Waals surface area contributed by atoms with E-state index in [1.165, 1.54) is 0 Å². The minimum Gasteiger partial charge on any atom is -0.462 e. The molecule has 2 unspecified atom stereocenters. The molecule has 0 rings (SSSR count). The van der Waals surface area contributed by atoms with Crippen LogP contribution in [0.2, 0.25) is 0 Å². The van der Waals surface area contributed by atoms with E-state index in [2.05, 4.69) is 6.92 Å². The summed E-state index contributed by atoms with van der Waals surface area (Å²) in [5, 5.41) is 0. The van der Waals surface area contributed by atoms with Gasteiger partial charge in [0.05, 0.1) is 12.0 Å². The normalized spacial score (nSPS) is 14.9. The van der Waals surface area contributed by atoms with Crippen molar-refractivity contribution in [2.75, 3.05) is 6.54 Å². The Hall–Kier alpha value is -0.570. The van der Waals surface area contributed by atoms with E-state index >= 15 is 0 Å². The minimum atomic E-state index is -0.0839. The Kier molecular flexibility index (Phi) is 7.48. The molecule has 14 heavy (non-hydrogen) atoms. The van der Waals surface area contributed by atoms with Crippen LogP contribution < -0.4 is 5.73 Å². The van der Waals surface area contributed by atoms with Gasteiger partial charge in [0.1, 0.15) is 0 Å². The van der Waals surface area contributed by atoms with Gasteiger partial charge in [-0.25, -0.2) is 0 Å². The standard InChI is InChI=1S/C11H23NO2/c1-4-6-10(3)14-11(13)9(2)7-5-8-12/h9-10H,4-8,12H2,1-3H3. The van der Waals surface area contributed by atoms with Crippen molar-refractivity contribution in [2.24, 2.45) is 11.7 Å². The van der Waals surface area contributed by atoms with E-state index in [0.29, 0.717) is 6.54 Å². The van der Waals surface area contributed by atoms with Gasteiger partial charge in [-0.3, -0.25) is 4.79 Å². The number of carbonyl (C=O) groups excluding carboxylic acids is 1. The van der Waals surface area contributed by atoms with Crippen molar-refractivity contribution in [1.82, 2.24) is 0 Å². The van der Waals surface area contributed by atoms with Gasteiger partial charge in [0.2, 0.25) is 0 Å². The average Bonchev–Trinajstić information content (AvgIpc) is 2.14. The zero-order valence-electron chi connectivity index (χ0n) is 9.58. The van der Waals surface area contributed by atoms with Crippen LogP contribution >= 0.6 is 0 Å². The molecule has 0 aromatic heterocycles. The summed E-state index contributed by atoms with van der Waals surface area (Å²) in [5.41, 5.74) is 5.37. The van der Waals surface area contributed by atoms with Crippen LogP contribution in [0.4, 0.5) is 0 Å². The first-order valence-electron chi connectivity index (χ1n) is 5.52. The number of hydrogen-bond acceptors (Lipinski definition) is 3. The number of hydrogen-bond donors (Lipinski definition) is 1. The van der Waals surface area contributed by atoms with Crippen LogP contribution in [0.1, 0.15) is 46.5 Å². The Labute approximate surface area is 87.0 Å². The van der Waals surface area contributed by atoms with Gasteiger partial charge in [0.25, 0.3) is 0 Å². The average molecular weight is 201 g/mol. The summed E-state index contributed by atoms with van der Waals surface area (Å²) in [4.78, 5) is 11.5. The predicted octanol–water partition coefficient (Wildman–Crippen LogP) is 2.09. The maximum Gasteiger partial charge on any atom is 0.308 e. The molecule has 0 aliphatic rings. The van der Waals surface area contributed by atoms with Crippen molar-refractivity contribution in [3.05, 3.63) is 0 Å². The maximum absolute atomic E-state index is 11.5. The summed E-state index contributed by atoms with van der Waals surface area (Å²) < 4.78 is 5.27. The summed E-state index contributed by atoms with van der Waals surface area (Å²) in [7, 11) is 0. The number of nitrogens with two attached hydrogens (primary N) is 1. The lowest BCUT2D eigenvalue weighted by atomic mass is 10.1. The SMILES string of the molecule is CCCC(C)OC(=O)C(C)CCCN. The molecule has 0 heterocycles. The summed E-state index contributed by atoms with van der Waals surface area (Å²) in [6.45, 7) is 6.57. The second kappa shape index (κ2) is 7.80. The molecular weight excluding hydrogens is 178 g/mol. The molecule has 2 N–H and O–H groups in total. The van der Waals surface area contributed by atoms with Crippen molar-refractivity contribution in [3.8, 4) is 0 Å². The molecule has 2 atom stereocenters. The van der Waals surface area contributed by atoms with Crippen LogP contribution in [-0.2, 0) is 9.53 Å². The summed E-state index contributed by atoms with van der Waals surface area (Å²) in [6, 6.07) is 0. The predicted molar refractivity (Wildman–Crippen MR) is 57.9 cm³/mol. The number of rotatable bonds is 7. The fourth-order valence-electron chi connectivity index (χ4n) is 1.32. The van der Waals surface area contributed by atoms with Crippen molar-refractivity contribution < 1.29 is 9.53 Å². The van der Waals surface area contributed by atoms with Gasteiger partial charge in [-0.2, -0.15) is 0 Å². The first kappa shape index (κ1) is 13.4. The monoisotopic (exact) mass is 201 g/mol. The lowest BCUT2D eigenvalue weighted by Gasteiger charge is -2.15. The largest absolute Gasteiger partial charge is 0.462 e. The van der Waals surface area contributed by atoms with Gasteiger partial charge in [-0.1, -0.05) is 20.3 Å². The molecule has 0 fully saturated rings. The molecule has 0 spiro atoms. The van der Waals surface area contributed by atoms with E-state index in [0.717, 1.165) is 25.7 Å². The maximum atomic E-state index is 11.5. The fraction of sp³-hybridized carbons (Fsp3) is 0.909. The first-order chi connectivity index (χ1) is 6.61. The van der Waals surface area contributed by atoms with Gasteiger partial charge in [-0.15, -0.1) is 0 Å². The van der Waals surface area contributed by atoms with E-state index in [-0.39, 0.29) is 18.0 Å². The van der Waals surface area contributed by atoms with Crippen LogP contribution in [0.5, 0.6) is 0 Å². The molecule has 0 saturated heterocycles. The minimum absolute atomic E-state index is 0.0159. The summed E-state index contributed by atoms with van der Waals surface area (Å²) in [5.74, 6) is -0.0998. The highest BCUT2D eigenvalue weighted by Crippen LogP contribution is 2.10. The molecule has 3 nitrogen and oxygen atoms in total. The Balaban J connectivity index is 3.71. The number of ether oxygens (including phenoxy) is 1. The lowest BCUT2D eigenvalue weighted by Crippen LogP contribution is -2.21. The molecule has 0 radical (unpaired) electrons. The molecule has 3 heteroatoms. The van der Waals surface area contributed by atoms with Gasteiger partial charge >= 0.3 is 5.97 Å². The van der Waals surface area contributed by atoms with E-state index in [1.807, 2.05) is 13.8 Å². The molecule has 0 aliphatic heterocycles. The molecule has 0 aromatic rings. The molecule has 0 saturated carbocycles. The Morgan fingerprint density at radius 1 is 1.36 bits per heavy atom. The quantitative estimate of drug-likeness (QED) is 0.642. The van der Waals surface area contributed by atoms with Crippen LogP contribution in [0.15, 0.2) is 0 Å². The molecule has 0 aromatic carbocycles. The van der Waals surface area contributed by atoms with E-state index in [1.54, 1.807) is 0 Å². The second-order valence-corrected chi connectivity index (χ2v) is 3.87. The zero-order valence-corrected chi connectivity index (χ0v) is 9.58. The Morgan fingerprint density at radius 2 is 2.00 bits per heavy atom.